The Balaban J connectivity index is 1.77. The van der Waals surface area contributed by atoms with Gasteiger partial charge in [-0.2, -0.15) is 0 Å². The molecule has 100 valence electrons. The number of carbonyl (C=O) groups excluding carboxylic acids is 2. The Kier molecular flexibility index (Phi) is 3.28. The van der Waals surface area contributed by atoms with Gasteiger partial charge in [0.1, 0.15) is 5.82 Å². The molecule has 4 nitrogen and oxygen atoms in total. The first-order valence-corrected chi connectivity index (χ1v) is 7.07. The van der Waals surface area contributed by atoms with E-state index in [-0.39, 0.29) is 11.7 Å². The zero-order valence-electron chi connectivity index (χ0n) is 10.1. The Bertz CT molecular complexity index is 555. The van der Waals surface area contributed by atoms with Crippen molar-refractivity contribution in [2.45, 2.75) is 23.8 Å². The van der Waals surface area contributed by atoms with Gasteiger partial charge in [-0.3, -0.25) is 9.59 Å². The van der Waals surface area contributed by atoms with E-state index in [0.29, 0.717) is 16.3 Å². The first kappa shape index (κ1) is 12.6. The topological polar surface area (TPSA) is 55.4 Å². The lowest BCUT2D eigenvalue weighted by atomic mass is 10.1. The lowest BCUT2D eigenvalue weighted by molar-refractivity contribution is -0.112. The summed E-state index contributed by atoms with van der Waals surface area (Å²) in [5.74, 6) is -1.16. The molecule has 0 spiro atoms. The number of ketones is 1. The summed E-state index contributed by atoms with van der Waals surface area (Å²) in [6.45, 7) is 0.766. The molecule has 2 heterocycles. The Labute approximate surface area is 113 Å². The van der Waals surface area contributed by atoms with Gasteiger partial charge in [-0.15, -0.1) is 11.8 Å². The third-order valence-electron chi connectivity index (χ3n) is 3.22. The quantitative estimate of drug-likeness (QED) is 0.682. The molecule has 2 aliphatic heterocycles. The van der Waals surface area contributed by atoms with E-state index in [0.717, 1.165) is 25.5 Å². The Morgan fingerprint density at radius 1 is 1.42 bits per heavy atom. The number of benzene rings is 1. The second kappa shape index (κ2) is 4.94. The van der Waals surface area contributed by atoms with Gasteiger partial charge in [-0.25, -0.2) is 4.39 Å². The van der Waals surface area contributed by atoms with Gasteiger partial charge in [0, 0.05) is 17.3 Å². The monoisotopic (exact) mass is 281 g/mol. The van der Waals surface area contributed by atoms with E-state index in [4.69, 9.17) is 4.74 Å². The van der Waals surface area contributed by atoms with Crippen molar-refractivity contribution in [1.29, 1.82) is 0 Å². The van der Waals surface area contributed by atoms with Crippen LogP contribution in [0.1, 0.15) is 23.2 Å². The fourth-order valence-corrected chi connectivity index (χ4v) is 3.24. The molecule has 1 saturated heterocycles. The highest BCUT2D eigenvalue weighted by Gasteiger charge is 2.29. The van der Waals surface area contributed by atoms with Crippen molar-refractivity contribution in [2.24, 2.45) is 0 Å². The molecule has 0 saturated carbocycles. The number of anilines is 1. The summed E-state index contributed by atoms with van der Waals surface area (Å²) in [5.41, 5.74) is 0.509. The van der Waals surface area contributed by atoms with E-state index in [1.54, 1.807) is 0 Å². The fraction of sp³-hybridized carbons (Fsp3) is 0.385. The molecule has 2 aliphatic rings. The van der Waals surface area contributed by atoms with Gasteiger partial charge < -0.3 is 10.1 Å². The van der Waals surface area contributed by atoms with E-state index < -0.39 is 17.5 Å². The molecular formula is C13H12FNO3S. The maximum atomic E-state index is 13.9. The summed E-state index contributed by atoms with van der Waals surface area (Å²) in [6, 6.07) is 2.65. The van der Waals surface area contributed by atoms with E-state index in [9.17, 15) is 14.0 Å². The molecule has 0 bridgehead atoms. The number of fused-ring (bicyclic) bond motifs is 1. The van der Waals surface area contributed by atoms with Crippen LogP contribution in [0.3, 0.4) is 0 Å². The second-order valence-corrected chi connectivity index (χ2v) is 5.62. The van der Waals surface area contributed by atoms with Gasteiger partial charge >= 0.3 is 0 Å². The van der Waals surface area contributed by atoms with Crippen LogP contribution >= 0.6 is 11.8 Å². The predicted molar refractivity (Wildman–Crippen MR) is 69.1 cm³/mol. The molecular weight excluding hydrogens is 269 g/mol. The number of amides is 1. The Hall–Kier alpha value is -1.40. The summed E-state index contributed by atoms with van der Waals surface area (Å²) in [7, 11) is 0. The van der Waals surface area contributed by atoms with Crippen LogP contribution in [0.15, 0.2) is 17.0 Å². The molecule has 0 radical (unpaired) electrons. The second-order valence-electron chi connectivity index (χ2n) is 4.56. The van der Waals surface area contributed by atoms with E-state index in [1.807, 2.05) is 0 Å². The molecule has 1 aromatic rings. The van der Waals surface area contributed by atoms with Crippen LogP contribution in [0.25, 0.3) is 0 Å². The minimum atomic E-state index is -0.698. The SMILES string of the molecule is O=C1Nc2cc(SCC3CCCO3)c(F)cc2C1=O. The number of hydrogen-bond acceptors (Lipinski definition) is 4. The van der Waals surface area contributed by atoms with Gasteiger partial charge in [0.2, 0.25) is 0 Å². The van der Waals surface area contributed by atoms with Crippen molar-refractivity contribution < 1.29 is 18.7 Å². The van der Waals surface area contributed by atoms with Crippen LogP contribution in [0, 0.1) is 5.82 Å². The summed E-state index contributed by atoms with van der Waals surface area (Å²) in [4.78, 5) is 23.1. The van der Waals surface area contributed by atoms with Crippen molar-refractivity contribution in [3.8, 4) is 0 Å². The Morgan fingerprint density at radius 3 is 3.00 bits per heavy atom. The van der Waals surface area contributed by atoms with Crippen LogP contribution in [0.5, 0.6) is 0 Å². The summed E-state index contributed by atoms with van der Waals surface area (Å²) >= 11 is 1.35. The molecule has 3 rings (SSSR count). The number of Topliss-reactive ketones (excluding diaryl/α,β-unsaturated/α-hetero) is 1. The first-order valence-electron chi connectivity index (χ1n) is 6.09. The molecule has 1 atom stereocenters. The highest BCUT2D eigenvalue weighted by Crippen LogP contribution is 2.33. The number of rotatable bonds is 3. The zero-order chi connectivity index (χ0) is 13.4. The molecule has 0 aliphatic carbocycles. The lowest BCUT2D eigenvalue weighted by Gasteiger charge is -2.10. The minimum Gasteiger partial charge on any atom is -0.377 e. The molecule has 1 amide bonds. The fourth-order valence-electron chi connectivity index (χ4n) is 2.22. The maximum Gasteiger partial charge on any atom is 0.296 e. The molecule has 1 aromatic carbocycles. The predicted octanol–water partition coefficient (Wildman–Crippen LogP) is 2.23. The molecule has 1 unspecified atom stereocenters. The van der Waals surface area contributed by atoms with Gasteiger partial charge in [0.15, 0.2) is 0 Å². The number of hydrogen-bond donors (Lipinski definition) is 1. The van der Waals surface area contributed by atoms with Crippen molar-refractivity contribution in [1.82, 2.24) is 0 Å². The van der Waals surface area contributed by atoms with Gasteiger partial charge in [-0.05, 0) is 25.0 Å². The van der Waals surface area contributed by atoms with Gasteiger partial charge in [0.25, 0.3) is 11.7 Å². The third kappa shape index (κ3) is 2.37. The van der Waals surface area contributed by atoms with E-state index in [2.05, 4.69) is 5.32 Å². The normalized spacial score (nSPS) is 21.6. The van der Waals surface area contributed by atoms with Crippen LogP contribution in [0.2, 0.25) is 0 Å². The van der Waals surface area contributed by atoms with Crippen molar-refractivity contribution >= 4 is 29.1 Å². The van der Waals surface area contributed by atoms with Crippen LogP contribution < -0.4 is 5.32 Å². The molecule has 6 heteroatoms. The van der Waals surface area contributed by atoms with Crippen LogP contribution in [-0.2, 0) is 9.53 Å². The molecule has 1 N–H and O–H groups in total. The lowest BCUT2D eigenvalue weighted by Crippen LogP contribution is -2.12. The summed E-state index contributed by atoms with van der Waals surface area (Å²) < 4.78 is 19.3. The smallest absolute Gasteiger partial charge is 0.296 e. The highest BCUT2D eigenvalue weighted by molar-refractivity contribution is 7.99. The number of nitrogens with one attached hydrogen (secondary N) is 1. The van der Waals surface area contributed by atoms with Crippen molar-refractivity contribution in [2.75, 3.05) is 17.7 Å². The van der Waals surface area contributed by atoms with Gasteiger partial charge in [0.05, 0.1) is 17.4 Å². The van der Waals surface area contributed by atoms with E-state index in [1.165, 1.54) is 17.8 Å². The molecule has 0 aromatic heterocycles. The van der Waals surface area contributed by atoms with Crippen LogP contribution in [-0.4, -0.2) is 30.2 Å². The number of ether oxygens (including phenoxy) is 1. The largest absolute Gasteiger partial charge is 0.377 e. The highest BCUT2D eigenvalue weighted by atomic mass is 32.2. The molecule has 1 fully saturated rings. The maximum absolute atomic E-state index is 13.9. The Morgan fingerprint density at radius 2 is 2.26 bits per heavy atom. The summed E-state index contributed by atoms with van der Waals surface area (Å²) in [5, 5.41) is 2.44. The number of halogens is 1. The average molecular weight is 281 g/mol. The molecule has 19 heavy (non-hydrogen) atoms. The number of carbonyl (C=O) groups is 2. The standard InChI is InChI=1S/C13H12FNO3S/c14-9-4-8-10(15-13(17)12(8)16)5-11(9)19-6-7-2-1-3-18-7/h4-5,7H,1-3,6H2,(H,15,16,17). The van der Waals surface area contributed by atoms with E-state index >= 15 is 0 Å². The van der Waals surface area contributed by atoms with Crippen molar-refractivity contribution in [3.63, 3.8) is 0 Å². The van der Waals surface area contributed by atoms with Crippen molar-refractivity contribution in [3.05, 3.63) is 23.5 Å². The number of thioether (sulfide) groups is 1. The third-order valence-corrected chi connectivity index (χ3v) is 4.38. The zero-order valence-corrected chi connectivity index (χ0v) is 10.9. The summed E-state index contributed by atoms with van der Waals surface area (Å²) in [6.07, 6.45) is 2.20. The van der Waals surface area contributed by atoms with Crippen LogP contribution in [0.4, 0.5) is 10.1 Å². The van der Waals surface area contributed by atoms with Gasteiger partial charge in [-0.1, -0.05) is 0 Å². The first-order chi connectivity index (χ1) is 9.15. The average Bonchev–Trinajstić information content (AvgIpc) is 2.98. The minimum absolute atomic E-state index is 0.115.